The number of carbonyl (C=O) groups is 4. The van der Waals surface area contributed by atoms with Gasteiger partial charge in [-0.3, -0.25) is 14.4 Å². The minimum atomic E-state index is -0.940. The van der Waals surface area contributed by atoms with Crippen LogP contribution in [0.2, 0.25) is 0 Å². The number of ether oxygens (including phenoxy) is 2. The average Bonchev–Trinajstić information content (AvgIpc) is 2.84. The van der Waals surface area contributed by atoms with Crippen LogP contribution in [0.15, 0.2) is 24.3 Å². The largest absolute Gasteiger partial charge is 0.466 e. The highest BCUT2D eigenvalue weighted by molar-refractivity contribution is 5.92. The Kier molecular flexibility index (Phi) is 13.9. The zero-order chi connectivity index (χ0) is 28.9. The molecule has 0 aliphatic heterocycles. The first kappa shape index (κ1) is 32.9. The second-order valence-electron chi connectivity index (χ2n) is 10.5. The zero-order valence-corrected chi connectivity index (χ0v) is 24.4. The lowest BCUT2D eigenvalue weighted by atomic mass is 9.94. The summed E-state index contributed by atoms with van der Waals surface area (Å²) in [4.78, 5) is 53.9. The van der Waals surface area contributed by atoms with E-state index in [-0.39, 0.29) is 31.4 Å². The van der Waals surface area contributed by atoms with Gasteiger partial charge in [-0.25, -0.2) is 4.79 Å². The molecule has 0 saturated carbocycles. The molecule has 3 amide bonds. The standard InChI is InChI=1S/C29H47N3O6/c1-9-12-19-32(27(35)24(20(4)10-2)31-28(36)38-29(6,7)8)25(22-16-14-13-15-21(22)5)26(34)30-18-17-23(33)37-11-3/h13-16,20,24-25H,9-12,17-19H2,1-8H3,(H,30,34)(H,31,36). The summed E-state index contributed by atoms with van der Waals surface area (Å²) in [5.41, 5.74) is 0.815. The predicted molar refractivity (Wildman–Crippen MR) is 147 cm³/mol. The Bertz CT molecular complexity index is 927. The summed E-state index contributed by atoms with van der Waals surface area (Å²) >= 11 is 0. The molecular weight excluding hydrogens is 486 g/mol. The Morgan fingerprint density at radius 3 is 2.26 bits per heavy atom. The van der Waals surface area contributed by atoms with Gasteiger partial charge in [0.25, 0.3) is 0 Å². The number of nitrogens with one attached hydrogen (secondary N) is 2. The van der Waals surface area contributed by atoms with E-state index in [4.69, 9.17) is 9.47 Å². The summed E-state index contributed by atoms with van der Waals surface area (Å²) in [5.74, 6) is -1.36. The molecular formula is C29H47N3O6. The summed E-state index contributed by atoms with van der Waals surface area (Å²) in [5, 5.41) is 5.59. The van der Waals surface area contributed by atoms with E-state index >= 15 is 0 Å². The second-order valence-corrected chi connectivity index (χ2v) is 10.5. The molecule has 0 fully saturated rings. The molecule has 1 aromatic carbocycles. The SMILES string of the molecule is CCCCN(C(=O)C(NC(=O)OC(C)(C)C)C(C)CC)C(C(=O)NCCC(=O)OCC)c1ccccc1C. The summed E-state index contributed by atoms with van der Waals surface area (Å²) in [6.45, 7) is 15.4. The quantitative estimate of drug-likeness (QED) is 0.336. The van der Waals surface area contributed by atoms with Crippen LogP contribution in [0.3, 0.4) is 0 Å². The molecule has 1 rings (SSSR count). The van der Waals surface area contributed by atoms with Gasteiger partial charge in [0.05, 0.1) is 13.0 Å². The van der Waals surface area contributed by atoms with E-state index in [0.717, 1.165) is 12.0 Å². The van der Waals surface area contributed by atoms with Crippen molar-refractivity contribution in [1.29, 1.82) is 0 Å². The smallest absolute Gasteiger partial charge is 0.408 e. The van der Waals surface area contributed by atoms with E-state index in [2.05, 4.69) is 10.6 Å². The molecule has 0 saturated heterocycles. The number of unbranched alkanes of at least 4 members (excludes halogenated alkanes) is 1. The lowest BCUT2D eigenvalue weighted by molar-refractivity contribution is -0.145. The molecule has 38 heavy (non-hydrogen) atoms. The number of benzene rings is 1. The first-order valence-electron chi connectivity index (χ1n) is 13.6. The monoisotopic (exact) mass is 533 g/mol. The molecule has 0 bridgehead atoms. The van der Waals surface area contributed by atoms with Crippen LogP contribution in [0, 0.1) is 12.8 Å². The van der Waals surface area contributed by atoms with Gasteiger partial charge in [-0.2, -0.15) is 0 Å². The van der Waals surface area contributed by atoms with Crippen LogP contribution in [0.5, 0.6) is 0 Å². The molecule has 214 valence electrons. The van der Waals surface area contributed by atoms with Crippen molar-refractivity contribution in [3.63, 3.8) is 0 Å². The van der Waals surface area contributed by atoms with E-state index in [0.29, 0.717) is 24.9 Å². The fourth-order valence-electron chi connectivity index (χ4n) is 3.95. The minimum absolute atomic E-state index is 0.0265. The Balaban J connectivity index is 3.43. The summed E-state index contributed by atoms with van der Waals surface area (Å²) in [6, 6.07) is 5.60. The molecule has 9 nitrogen and oxygen atoms in total. The average molecular weight is 534 g/mol. The topological polar surface area (TPSA) is 114 Å². The van der Waals surface area contributed by atoms with E-state index in [1.54, 1.807) is 32.6 Å². The van der Waals surface area contributed by atoms with Crippen LogP contribution in [0.1, 0.15) is 91.3 Å². The number of carbonyl (C=O) groups excluding carboxylic acids is 4. The van der Waals surface area contributed by atoms with Gasteiger partial charge in [-0.1, -0.05) is 57.9 Å². The molecule has 0 radical (unpaired) electrons. The minimum Gasteiger partial charge on any atom is -0.466 e. The lowest BCUT2D eigenvalue weighted by Gasteiger charge is -2.36. The lowest BCUT2D eigenvalue weighted by Crippen LogP contribution is -2.55. The maximum atomic E-state index is 14.1. The number of rotatable bonds is 14. The highest BCUT2D eigenvalue weighted by Gasteiger charge is 2.38. The van der Waals surface area contributed by atoms with Crippen molar-refractivity contribution in [1.82, 2.24) is 15.5 Å². The van der Waals surface area contributed by atoms with Crippen molar-refractivity contribution < 1.29 is 28.7 Å². The maximum absolute atomic E-state index is 14.1. The molecule has 0 aliphatic rings. The third-order valence-corrected chi connectivity index (χ3v) is 6.16. The van der Waals surface area contributed by atoms with Crippen LogP contribution in [-0.2, 0) is 23.9 Å². The molecule has 2 N–H and O–H groups in total. The van der Waals surface area contributed by atoms with Gasteiger partial charge in [0.1, 0.15) is 17.7 Å². The second kappa shape index (κ2) is 16.0. The van der Waals surface area contributed by atoms with E-state index in [9.17, 15) is 19.2 Å². The third kappa shape index (κ3) is 10.7. The van der Waals surface area contributed by atoms with Gasteiger partial charge in [0.2, 0.25) is 11.8 Å². The van der Waals surface area contributed by atoms with Crippen LogP contribution in [0.25, 0.3) is 0 Å². The molecule has 1 aromatic rings. The molecule has 3 unspecified atom stereocenters. The van der Waals surface area contributed by atoms with Gasteiger partial charge in [-0.05, 0) is 58.1 Å². The third-order valence-electron chi connectivity index (χ3n) is 6.16. The first-order chi connectivity index (χ1) is 17.9. The van der Waals surface area contributed by atoms with Gasteiger partial charge in [0.15, 0.2) is 0 Å². The normalized spacial score (nSPS) is 13.6. The van der Waals surface area contributed by atoms with Crippen LogP contribution < -0.4 is 10.6 Å². The van der Waals surface area contributed by atoms with E-state index in [1.165, 1.54) is 0 Å². The van der Waals surface area contributed by atoms with E-state index in [1.807, 2.05) is 52.0 Å². The van der Waals surface area contributed by atoms with Crippen molar-refractivity contribution in [2.24, 2.45) is 5.92 Å². The number of hydrogen-bond acceptors (Lipinski definition) is 6. The fourth-order valence-corrected chi connectivity index (χ4v) is 3.95. The summed E-state index contributed by atoms with van der Waals surface area (Å²) in [7, 11) is 0. The molecule has 3 atom stereocenters. The molecule has 0 aliphatic carbocycles. The van der Waals surface area contributed by atoms with Gasteiger partial charge in [0, 0.05) is 13.1 Å². The van der Waals surface area contributed by atoms with E-state index < -0.39 is 35.7 Å². The number of esters is 1. The van der Waals surface area contributed by atoms with Crippen LogP contribution in [0.4, 0.5) is 4.79 Å². The maximum Gasteiger partial charge on any atom is 0.408 e. The van der Waals surface area contributed by atoms with Crippen molar-refractivity contribution in [3.05, 3.63) is 35.4 Å². The summed E-state index contributed by atoms with van der Waals surface area (Å²) < 4.78 is 10.4. The Morgan fingerprint density at radius 2 is 1.71 bits per heavy atom. The zero-order valence-electron chi connectivity index (χ0n) is 24.4. The fraction of sp³-hybridized carbons (Fsp3) is 0.655. The number of nitrogens with zero attached hydrogens (tertiary/aromatic N) is 1. The molecule has 0 aromatic heterocycles. The Labute approximate surface area is 228 Å². The van der Waals surface area contributed by atoms with Crippen molar-refractivity contribution in [3.8, 4) is 0 Å². The van der Waals surface area contributed by atoms with Crippen molar-refractivity contribution >= 4 is 23.9 Å². The van der Waals surface area contributed by atoms with Gasteiger partial charge < -0.3 is 25.0 Å². The number of hydrogen-bond donors (Lipinski definition) is 2. The molecule has 0 spiro atoms. The van der Waals surface area contributed by atoms with Gasteiger partial charge in [-0.15, -0.1) is 0 Å². The first-order valence-corrected chi connectivity index (χ1v) is 13.6. The number of aryl methyl sites for hydroxylation is 1. The van der Waals surface area contributed by atoms with Crippen LogP contribution in [-0.4, -0.2) is 60.1 Å². The highest BCUT2D eigenvalue weighted by atomic mass is 16.6. The number of alkyl carbamates (subject to hydrolysis) is 1. The van der Waals surface area contributed by atoms with Gasteiger partial charge >= 0.3 is 12.1 Å². The molecule has 9 heteroatoms. The Hall–Kier alpha value is -3.10. The Morgan fingerprint density at radius 1 is 1.05 bits per heavy atom. The van der Waals surface area contributed by atoms with Crippen molar-refractivity contribution in [2.45, 2.75) is 98.8 Å². The summed E-state index contributed by atoms with van der Waals surface area (Å²) in [6.07, 6.45) is 1.46. The number of amides is 3. The predicted octanol–water partition coefficient (Wildman–Crippen LogP) is 4.67. The van der Waals surface area contributed by atoms with Crippen molar-refractivity contribution in [2.75, 3.05) is 19.7 Å². The molecule has 0 heterocycles. The highest BCUT2D eigenvalue weighted by Crippen LogP contribution is 2.27. The van der Waals surface area contributed by atoms with Crippen LogP contribution >= 0.6 is 0 Å².